The zero-order valence-corrected chi connectivity index (χ0v) is 18.6. The molecule has 5 unspecified atom stereocenters. The van der Waals surface area contributed by atoms with Crippen LogP contribution in [0.4, 0.5) is 0 Å². The van der Waals surface area contributed by atoms with Gasteiger partial charge in [-0.15, -0.1) is 0 Å². The molecule has 4 aliphatic rings. The Morgan fingerprint density at radius 3 is 2.66 bits per heavy atom. The largest absolute Gasteiger partial charge is 0.393 e. The van der Waals surface area contributed by atoms with Gasteiger partial charge < -0.3 is 5.11 Å². The molecule has 1 heterocycles. The number of ketones is 1. The molecule has 32 heavy (non-hydrogen) atoms. The fraction of sp³-hybridized carbons (Fsp3) is 0.464. The minimum absolute atomic E-state index is 0.0331. The molecule has 1 aromatic heterocycles. The summed E-state index contributed by atoms with van der Waals surface area (Å²) in [4.78, 5) is 20.8. The lowest BCUT2D eigenvalue weighted by Gasteiger charge is -2.52. The molecule has 2 aromatic rings. The normalized spacial score (nSPS) is 33.9. The molecular weight excluding hydrogens is 396 g/mol. The average molecular weight is 427 g/mol. The van der Waals surface area contributed by atoms with Crippen LogP contribution in [0, 0.1) is 17.3 Å². The number of carbonyl (C=O) groups is 1. The Kier molecular flexibility index (Phi) is 4.69. The van der Waals surface area contributed by atoms with E-state index in [4.69, 9.17) is 0 Å². The van der Waals surface area contributed by atoms with Gasteiger partial charge in [-0.2, -0.15) is 0 Å². The zero-order valence-electron chi connectivity index (χ0n) is 18.6. The van der Waals surface area contributed by atoms with Gasteiger partial charge in [0, 0.05) is 30.3 Å². The van der Waals surface area contributed by atoms with Crippen molar-refractivity contribution in [3.8, 4) is 11.3 Å². The molecule has 164 valence electrons. The highest BCUT2D eigenvalue weighted by molar-refractivity contribution is 5.93. The lowest BCUT2D eigenvalue weighted by molar-refractivity contribution is -0.114. The van der Waals surface area contributed by atoms with E-state index in [1.165, 1.54) is 16.7 Å². The van der Waals surface area contributed by atoms with Crippen molar-refractivity contribution < 1.29 is 9.90 Å². The Bertz CT molecular complexity index is 1120. The van der Waals surface area contributed by atoms with E-state index in [0.717, 1.165) is 49.8 Å². The molecule has 1 N–H and O–H groups in total. The standard InChI is InChI=1S/C28H30N2O2/c1-28-15-23(17-2-4-18(5-3-17)25-16-29-12-13-30-25)27-21-9-7-20(31)14-19(21)6-8-22(27)24(28)10-11-26(28)32/h2-5,12-14,16,22-24,26,32H,6-11,15H2,1H3. The van der Waals surface area contributed by atoms with E-state index < -0.39 is 0 Å². The number of hydrogen-bond acceptors (Lipinski definition) is 4. The van der Waals surface area contributed by atoms with Crippen LogP contribution in [0.2, 0.25) is 0 Å². The number of aromatic nitrogens is 2. The average Bonchev–Trinajstić information content (AvgIpc) is 3.13. The maximum absolute atomic E-state index is 12.1. The van der Waals surface area contributed by atoms with Crippen LogP contribution in [0.25, 0.3) is 11.3 Å². The second-order valence-electron chi connectivity index (χ2n) is 10.4. The molecule has 1 aromatic carbocycles. The summed E-state index contributed by atoms with van der Waals surface area (Å²) < 4.78 is 0. The summed E-state index contributed by atoms with van der Waals surface area (Å²) >= 11 is 0. The van der Waals surface area contributed by atoms with E-state index in [-0.39, 0.29) is 17.3 Å². The third-order valence-electron chi connectivity index (χ3n) is 8.85. The highest BCUT2D eigenvalue weighted by Crippen LogP contribution is 2.63. The van der Waals surface area contributed by atoms with Crippen LogP contribution in [0.5, 0.6) is 0 Å². The van der Waals surface area contributed by atoms with Gasteiger partial charge in [0.25, 0.3) is 0 Å². The van der Waals surface area contributed by atoms with Crippen LogP contribution in [0.1, 0.15) is 63.4 Å². The van der Waals surface area contributed by atoms with Crippen LogP contribution in [-0.2, 0) is 4.79 Å². The lowest BCUT2D eigenvalue weighted by atomic mass is 9.53. The van der Waals surface area contributed by atoms with Crippen LogP contribution in [0.3, 0.4) is 0 Å². The maximum atomic E-state index is 12.1. The van der Waals surface area contributed by atoms with Crippen molar-refractivity contribution in [1.29, 1.82) is 0 Å². The molecule has 0 radical (unpaired) electrons. The predicted molar refractivity (Wildman–Crippen MR) is 124 cm³/mol. The van der Waals surface area contributed by atoms with E-state index in [0.29, 0.717) is 24.2 Å². The highest BCUT2D eigenvalue weighted by atomic mass is 16.3. The first kappa shape index (κ1) is 20.0. The molecule has 4 aliphatic carbocycles. The lowest BCUT2D eigenvalue weighted by Crippen LogP contribution is -2.45. The first-order chi connectivity index (χ1) is 15.5. The number of aliphatic hydroxyl groups is 1. The number of aliphatic hydroxyl groups excluding tert-OH is 1. The molecular formula is C28H30N2O2. The van der Waals surface area contributed by atoms with Crippen LogP contribution >= 0.6 is 0 Å². The Morgan fingerprint density at radius 2 is 1.88 bits per heavy atom. The van der Waals surface area contributed by atoms with Gasteiger partial charge in [-0.3, -0.25) is 14.8 Å². The molecule has 2 saturated carbocycles. The van der Waals surface area contributed by atoms with Gasteiger partial charge in [0.05, 0.1) is 18.0 Å². The summed E-state index contributed by atoms with van der Waals surface area (Å²) in [5.41, 5.74) is 7.58. The third kappa shape index (κ3) is 3.03. The molecule has 4 heteroatoms. The number of allylic oxidation sites excluding steroid dienone is 4. The number of fused-ring (bicyclic) bond motifs is 4. The second kappa shape index (κ2) is 7.48. The number of carbonyl (C=O) groups excluding carboxylic acids is 1. The molecule has 0 amide bonds. The molecule has 5 atom stereocenters. The van der Waals surface area contributed by atoms with Crippen molar-refractivity contribution >= 4 is 5.78 Å². The Labute approximate surface area is 189 Å². The molecule has 0 aliphatic heterocycles. The molecule has 6 rings (SSSR count). The molecule has 4 nitrogen and oxygen atoms in total. The molecule has 0 bridgehead atoms. The zero-order chi connectivity index (χ0) is 21.9. The number of rotatable bonds is 2. The number of nitrogens with zero attached hydrogens (tertiary/aromatic N) is 2. The van der Waals surface area contributed by atoms with Crippen LogP contribution in [0.15, 0.2) is 65.7 Å². The van der Waals surface area contributed by atoms with Crippen molar-refractivity contribution in [1.82, 2.24) is 9.97 Å². The summed E-state index contributed by atoms with van der Waals surface area (Å²) in [6.45, 7) is 2.33. The fourth-order valence-corrected chi connectivity index (χ4v) is 7.27. The molecule has 0 saturated heterocycles. The van der Waals surface area contributed by atoms with Gasteiger partial charge in [-0.25, -0.2) is 0 Å². The molecule has 0 spiro atoms. The van der Waals surface area contributed by atoms with E-state index >= 15 is 0 Å². The summed E-state index contributed by atoms with van der Waals surface area (Å²) in [7, 11) is 0. The summed E-state index contributed by atoms with van der Waals surface area (Å²) in [6.07, 6.45) is 13.6. The second-order valence-corrected chi connectivity index (χ2v) is 10.4. The third-order valence-corrected chi connectivity index (χ3v) is 8.85. The molecule has 2 fully saturated rings. The topological polar surface area (TPSA) is 63.1 Å². The van der Waals surface area contributed by atoms with Crippen molar-refractivity contribution in [3.63, 3.8) is 0 Å². The minimum atomic E-state index is -0.217. The Hall–Kier alpha value is -2.59. The van der Waals surface area contributed by atoms with Crippen molar-refractivity contribution in [2.45, 2.75) is 63.9 Å². The van der Waals surface area contributed by atoms with E-state index in [1.807, 2.05) is 6.08 Å². The van der Waals surface area contributed by atoms with Crippen molar-refractivity contribution in [3.05, 3.63) is 71.2 Å². The fourth-order valence-electron chi connectivity index (χ4n) is 7.27. The summed E-state index contributed by atoms with van der Waals surface area (Å²) in [5.74, 6) is 1.66. The first-order valence-corrected chi connectivity index (χ1v) is 12.1. The summed E-state index contributed by atoms with van der Waals surface area (Å²) in [5, 5.41) is 11.0. The monoisotopic (exact) mass is 426 g/mol. The van der Waals surface area contributed by atoms with Gasteiger partial charge in [0.1, 0.15) is 0 Å². The Balaban J connectivity index is 1.46. The van der Waals surface area contributed by atoms with Crippen molar-refractivity contribution in [2.75, 3.05) is 0 Å². The van der Waals surface area contributed by atoms with E-state index in [1.54, 1.807) is 24.2 Å². The van der Waals surface area contributed by atoms with Gasteiger partial charge in [-0.05, 0) is 78.6 Å². The smallest absolute Gasteiger partial charge is 0.156 e. The summed E-state index contributed by atoms with van der Waals surface area (Å²) in [6, 6.07) is 8.80. The van der Waals surface area contributed by atoms with E-state index in [9.17, 15) is 9.90 Å². The van der Waals surface area contributed by atoms with Crippen molar-refractivity contribution in [2.24, 2.45) is 17.3 Å². The Morgan fingerprint density at radius 1 is 1.03 bits per heavy atom. The van der Waals surface area contributed by atoms with Crippen LogP contribution < -0.4 is 0 Å². The number of benzene rings is 1. The van der Waals surface area contributed by atoms with Crippen LogP contribution in [-0.4, -0.2) is 27.0 Å². The minimum Gasteiger partial charge on any atom is -0.393 e. The predicted octanol–water partition coefficient (Wildman–Crippen LogP) is 5.40. The SMILES string of the molecule is CC12CC(c3ccc(-c4cnccn4)cc3)C3=C4CCC(=O)C=C4CCC3C1CCC2O. The van der Waals surface area contributed by atoms with Gasteiger partial charge in [0.15, 0.2) is 5.78 Å². The number of hydrogen-bond donors (Lipinski definition) is 1. The van der Waals surface area contributed by atoms with Gasteiger partial charge in [0.2, 0.25) is 0 Å². The van der Waals surface area contributed by atoms with Gasteiger partial charge in [-0.1, -0.05) is 36.8 Å². The highest BCUT2D eigenvalue weighted by Gasteiger charge is 2.56. The first-order valence-electron chi connectivity index (χ1n) is 12.1. The quantitative estimate of drug-likeness (QED) is 0.698. The maximum Gasteiger partial charge on any atom is 0.156 e. The van der Waals surface area contributed by atoms with Gasteiger partial charge >= 0.3 is 0 Å². The van der Waals surface area contributed by atoms with E-state index in [2.05, 4.69) is 41.2 Å².